The van der Waals surface area contributed by atoms with Crippen LogP contribution in [-0.4, -0.2) is 35.9 Å². The number of ether oxygens (including phenoxy) is 1. The molecule has 2 N–H and O–H groups in total. The van der Waals surface area contributed by atoms with Gasteiger partial charge in [0.25, 0.3) is 0 Å². The Kier molecular flexibility index (Phi) is 4.53. The van der Waals surface area contributed by atoms with Gasteiger partial charge in [0.1, 0.15) is 12.4 Å². The molecule has 4 heteroatoms. The van der Waals surface area contributed by atoms with Gasteiger partial charge in [0.15, 0.2) is 0 Å². The summed E-state index contributed by atoms with van der Waals surface area (Å²) in [7, 11) is 0. The van der Waals surface area contributed by atoms with Gasteiger partial charge in [-0.25, -0.2) is 0 Å². The van der Waals surface area contributed by atoms with Crippen LogP contribution in [0.15, 0.2) is 18.5 Å². The SMILES string of the molecule is OCC[C@H]1CC1CCc1cncc(OC[C@@H]2CCN2)c1. The summed E-state index contributed by atoms with van der Waals surface area (Å²) in [4.78, 5) is 4.27. The van der Waals surface area contributed by atoms with E-state index >= 15 is 0 Å². The van der Waals surface area contributed by atoms with Gasteiger partial charge >= 0.3 is 0 Å². The van der Waals surface area contributed by atoms with Crippen LogP contribution in [0.1, 0.15) is 31.2 Å². The molecule has 1 unspecified atom stereocenters. The smallest absolute Gasteiger partial charge is 0.137 e. The van der Waals surface area contributed by atoms with Crippen molar-refractivity contribution in [2.75, 3.05) is 19.8 Å². The van der Waals surface area contributed by atoms with E-state index in [2.05, 4.69) is 16.4 Å². The second-order valence-corrected chi connectivity index (χ2v) is 6.09. The fourth-order valence-electron chi connectivity index (χ4n) is 2.90. The maximum absolute atomic E-state index is 8.91. The zero-order chi connectivity index (χ0) is 13.8. The third-order valence-corrected chi connectivity index (χ3v) is 4.52. The molecule has 1 aliphatic heterocycles. The van der Waals surface area contributed by atoms with Crippen molar-refractivity contribution < 1.29 is 9.84 Å². The number of hydrogen-bond acceptors (Lipinski definition) is 4. The Bertz CT molecular complexity index is 434. The first kappa shape index (κ1) is 13.8. The molecular weight excluding hydrogens is 252 g/mol. The van der Waals surface area contributed by atoms with E-state index in [9.17, 15) is 0 Å². The molecule has 3 atom stereocenters. The van der Waals surface area contributed by atoms with Gasteiger partial charge in [-0.1, -0.05) is 0 Å². The van der Waals surface area contributed by atoms with Crippen molar-refractivity contribution in [2.24, 2.45) is 11.8 Å². The highest BCUT2D eigenvalue weighted by atomic mass is 16.5. The highest BCUT2D eigenvalue weighted by Gasteiger charge is 2.35. The van der Waals surface area contributed by atoms with E-state index in [0.29, 0.717) is 12.6 Å². The predicted molar refractivity (Wildman–Crippen MR) is 77.8 cm³/mol. The molecule has 2 aliphatic rings. The minimum atomic E-state index is 0.335. The molecule has 2 heterocycles. The molecule has 0 spiro atoms. The summed E-state index contributed by atoms with van der Waals surface area (Å²) in [5.41, 5.74) is 1.26. The number of nitrogens with zero attached hydrogens (tertiary/aromatic N) is 1. The highest BCUT2D eigenvalue weighted by Crippen LogP contribution is 2.44. The highest BCUT2D eigenvalue weighted by molar-refractivity contribution is 5.24. The van der Waals surface area contributed by atoms with Crippen molar-refractivity contribution in [1.29, 1.82) is 0 Å². The number of rotatable bonds is 8. The standard InChI is InChI=1S/C16H24N2O2/c19-6-4-14-8-13(14)2-1-12-7-16(10-17-9-12)20-11-15-3-5-18-15/h7,9-10,13-15,18-19H,1-6,8,11H2/t13?,14-,15-/m0/s1. The Morgan fingerprint density at radius 3 is 2.90 bits per heavy atom. The second-order valence-electron chi connectivity index (χ2n) is 6.09. The number of aliphatic hydroxyl groups excluding tert-OH is 1. The van der Waals surface area contributed by atoms with Gasteiger partial charge in [-0.05, 0) is 62.1 Å². The lowest BCUT2D eigenvalue weighted by atomic mass is 10.1. The number of pyridine rings is 1. The molecule has 0 aromatic carbocycles. The quantitative estimate of drug-likeness (QED) is 0.760. The normalized spacial score (nSPS) is 27.9. The first-order valence-electron chi connectivity index (χ1n) is 7.76. The Morgan fingerprint density at radius 2 is 2.15 bits per heavy atom. The topological polar surface area (TPSA) is 54.4 Å². The van der Waals surface area contributed by atoms with Gasteiger partial charge in [-0.2, -0.15) is 0 Å². The van der Waals surface area contributed by atoms with Crippen molar-refractivity contribution in [3.05, 3.63) is 24.0 Å². The third-order valence-electron chi connectivity index (χ3n) is 4.52. The van der Waals surface area contributed by atoms with Crippen molar-refractivity contribution >= 4 is 0 Å². The van der Waals surface area contributed by atoms with Crippen LogP contribution in [0, 0.1) is 11.8 Å². The van der Waals surface area contributed by atoms with Crippen molar-refractivity contribution in [3.63, 3.8) is 0 Å². The van der Waals surface area contributed by atoms with Crippen LogP contribution in [-0.2, 0) is 6.42 Å². The summed E-state index contributed by atoms with van der Waals surface area (Å²) in [6.07, 6.45) is 9.49. The average molecular weight is 276 g/mol. The second kappa shape index (κ2) is 6.55. The van der Waals surface area contributed by atoms with Gasteiger partial charge in [0, 0.05) is 18.8 Å². The maximum Gasteiger partial charge on any atom is 0.137 e. The molecule has 3 rings (SSSR count). The van der Waals surface area contributed by atoms with Crippen LogP contribution in [0.5, 0.6) is 5.75 Å². The summed E-state index contributed by atoms with van der Waals surface area (Å²) in [5, 5.41) is 12.2. The molecule has 1 saturated heterocycles. The molecule has 0 bridgehead atoms. The number of nitrogens with one attached hydrogen (secondary N) is 1. The molecule has 0 amide bonds. The van der Waals surface area contributed by atoms with Crippen molar-refractivity contribution in [1.82, 2.24) is 10.3 Å². The van der Waals surface area contributed by atoms with Crippen LogP contribution < -0.4 is 10.1 Å². The lowest BCUT2D eigenvalue weighted by Gasteiger charge is -2.27. The van der Waals surface area contributed by atoms with Crippen LogP contribution in [0.2, 0.25) is 0 Å². The third kappa shape index (κ3) is 3.70. The van der Waals surface area contributed by atoms with E-state index in [1.807, 2.05) is 6.20 Å². The molecule has 1 saturated carbocycles. The van der Waals surface area contributed by atoms with Gasteiger partial charge in [-0.3, -0.25) is 4.98 Å². The molecule has 1 aliphatic carbocycles. The molecule has 1 aromatic heterocycles. The Labute approximate surface area is 120 Å². The first-order valence-corrected chi connectivity index (χ1v) is 7.76. The molecule has 0 radical (unpaired) electrons. The zero-order valence-electron chi connectivity index (χ0n) is 11.9. The summed E-state index contributed by atoms with van der Waals surface area (Å²) in [6.45, 7) is 2.19. The van der Waals surface area contributed by atoms with Crippen LogP contribution in [0.25, 0.3) is 0 Å². The summed E-state index contributed by atoms with van der Waals surface area (Å²) in [6, 6.07) is 2.64. The summed E-state index contributed by atoms with van der Waals surface area (Å²) >= 11 is 0. The molecule has 4 nitrogen and oxygen atoms in total. The van der Waals surface area contributed by atoms with E-state index in [-0.39, 0.29) is 0 Å². The Balaban J connectivity index is 1.42. The Morgan fingerprint density at radius 1 is 1.30 bits per heavy atom. The summed E-state index contributed by atoms with van der Waals surface area (Å²) in [5.74, 6) is 2.46. The number of hydrogen-bond donors (Lipinski definition) is 2. The average Bonchev–Trinajstić information content (AvgIpc) is 3.14. The van der Waals surface area contributed by atoms with E-state index in [1.54, 1.807) is 6.20 Å². The summed E-state index contributed by atoms with van der Waals surface area (Å²) < 4.78 is 5.77. The fourth-order valence-corrected chi connectivity index (χ4v) is 2.90. The molecule has 110 valence electrons. The first-order chi connectivity index (χ1) is 9.85. The van der Waals surface area contributed by atoms with Crippen LogP contribution in [0.3, 0.4) is 0 Å². The lowest BCUT2D eigenvalue weighted by molar-refractivity contribution is 0.217. The van der Waals surface area contributed by atoms with Gasteiger partial charge < -0.3 is 15.2 Å². The van der Waals surface area contributed by atoms with Gasteiger partial charge in [0.05, 0.1) is 6.20 Å². The molecule has 1 aromatic rings. The monoisotopic (exact) mass is 276 g/mol. The van der Waals surface area contributed by atoms with Crippen molar-refractivity contribution in [2.45, 2.75) is 38.1 Å². The van der Waals surface area contributed by atoms with Crippen molar-refractivity contribution in [3.8, 4) is 5.75 Å². The number of aliphatic hydroxyl groups is 1. The van der Waals surface area contributed by atoms with E-state index in [4.69, 9.17) is 9.84 Å². The molecule has 20 heavy (non-hydrogen) atoms. The lowest BCUT2D eigenvalue weighted by Crippen LogP contribution is -2.46. The van der Waals surface area contributed by atoms with E-state index in [0.717, 1.165) is 43.6 Å². The Hall–Kier alpha value is -1.13. The van der Waals surface area contributed by atoms with E-state index < -0.39 is 0 Å². The number of aryl methyl sites for hydroxylation is 1. The van der Waals surface area contributed by atoms with Crippen LogP contribution >= 0.6 is 0 Å². The fraction of sp³-hybridized carbons (Fsp3) is 0.688. The zero-order valence-corrected chi connectivity index (χ0v) is 11.9. The van der Waals surface area contributed by atoms with Crippen LogP contribution in [0.4, 0.5) is 0 Å². The number of aromatic nitrogens is 1. The molecule has 2 fully saturated rings. The minimum Gasteiger partial charge on any atom is -0.490 e. The largest absolute Gasteiger partial charge is 0.490 e. The minimum absolute atomic E-state index is 0.335. The molecular formula is C16H24N2O2. The van der Waals surface area contributed by atoms with E-state index in [1.165, 1.54) is 24.8 Å². The predicted octanol–water partition coefficient (Wildman–Crippen LogP) is 1.77. The van der Waals surface area contributed by atoms with Gasteiger partial charge in [0.2, 0.25) is 0 Å². The maximum atomic E-state index is 8.91. The van der Waals surface area contributed by atoms with Gasteiger partial charge in [-0.15, -0.1) is 0 Å².